The number of ether oxygens (including phenoxy) is 1. The van der Waals surface area contributed by atoms with E-state index in [1.807, 2.05) is 13.0 Å². The summed E-state index contributed by atoms with van der Waals surface area (Å²) in [6.45, 7) is 2.32. The van der Waals surface area contributed by atoms with Crippen molar-refractivity contribution in [2.75, 3.05) is 18.5 Å². The number of benzene rings is 2. The molecule has 1 N–H and O–H groups in total. The molecule has 2 aromatic carbocycles. The van der Waals surface area contributed by atoms with Crippen LogP contribution in [0.5, 0.6) is 5.75 Å². The molecule has 1 aliphatic heterocycles. The zero-order chi connectivity index (χ0) is 18.7. The van der Waals surface area contributed by atoms with Gasteiger partial charge < -0.3 is 10.1 Å². The van der Waals surface area contributed by atoms with Crippen molar-refractivity contribution in [2.45, 2.75) is 13.3 Å². The highest BCUT2D eigenvalue weighted by Crippen LogP contribution is 2.26. The summed E-state index contributed by atoms with van der Waals surface area (Å²) in [6, 6.07) is 11.6. The second-order valence-corrected chi connectivity index (χ2v) is 6.12. The van der Waals surface area contributed by atoms with Crippen molar-refractivity contribution in [1.82, 2.24) is 4.90 Å². The quantitative estimate of drug-likeness (QED) is 0.789. The lowest BCUT2D eigenvalue weighted by Gasteiger charge is -2.14. The minimum absolute atomic E-state index is 0.00734. The Kier molecular flexibility index (Phi) is 5.23. The number of para-hydroxylation sites is 2. The number of rotatable bonds is 6. The molecule has 0 atom stereocenters. The topological polar surface area (TPSA) is 75.7 Å². The largest absolute Gasteiger partial charge is 0.492 e. The van der Waals surface area contributed by atoms with Crippen LogP contribution in [0.3, 0.4) is 0 Å². The molecular formula is C19H17ClN2O4. The Labute approximate surface area is 155 Å². The average Bonchev–Trinajstić information content (AvgIpc) is 2.85. The smallest absolute Gasteiger partial charge is 0.261 e. The summed E-state index contributed by atoms with van der Waals surface area (Å²) in [7, 11) is 0. The number of imide groups is 1. The van der Waals surface area contributed by atoms with Crippen LogP contribution in [-0.2, 0) is 4.79 Å². The Balaban J connectivity index is 1.64. The fraction of sp³-hybridized carbons (Fsp3) is 0.211. The maximum atomic E-state index is 12.4. The first-order valence-corrected chi connectivity index (χ1v) is 8.56. The van der Waals surface area contributed by atoms with Gasteiger partial charge in [-0.05, 0) is 37.3 Å². The third-order valence-electron chi connectivity index (χ3n) is 3.96. The van der Waals surface area contributed by atoms with Gasteiger partial charge in [-0.3, -0.25) is 19.3 Å². The summed E-state index contributed by atoms with van der Waals surface area (Å²) in [5, 5.41) is 3.13. The fourth-order valence-corrected chi connectivity index (χ4v) is 2.92. The van der Waals surface area contributed by atoms with Crippen molar-refractivity contribution >= 4 is 35.0 Å². The van der Waals surface area contributed by atoms with E-state index in [1.165, 1.54) is 12.1 Å². The number of carbonyl (C=O) groups is 3. The molecule has 134 valence electrons. The van der Waals surface area contributed by atoms with Crippen LogP contribution in [0.2, 0.25) is 5.02 Å². The number of carbonyl (C=O) groups excluding carboxylic acids is 3. The van der Waals surface area contributed by atoms with E-state index < -0.39 is 11.8 Å². The standard InChI is InChI=1S/C19H17ClN2O4/c1-2-26-16-6-4-3-5-15(16)21-17(23)9-10-22-18(24)13-8-7-12(20)11-14(13)19(22)25/h3-8,11H,2,9-10H2,1H3,(H,21,23). The predicted molar refractivity (Wildman–Crippen MR) is 97.7 cm³/mol. The number of fused-ring (bicyclic) bond motifs is 1. The SMILES string of the molecule is CCOc1ccccc1NC(=O)CCN1C(=O)c2ccc(Cl)cc2C1=O. The second kappa shape index (κ2) is 7.58. The molecule has 0 aromatic heterocycles. The Bertz CT molecular complexity index is 882. The van der Waals surface area contributed by atoms with Gasteiger partial charge >= 0.3 is 0 Å². The first-order valence-electron chi connectivity index (χ1n) is 8.18. The lowest BCUT2D eigenvalue weighted by Crippen LogP contribution is -2.32. The number of amides is 3. The van der Waals surface area contributed by atoms with Crippen LogP contribution in [0, 0.1) is 0 Å². The molecule has 0 fully saturated rings. The lowest BCUT2D eigenvalue weighted by molar-refractivity contribution is -0.116. The third-order valence-corrected chi connectivity index (χ3v) is 4.19. The zero-order valence-electron chi connectivity index (χ0n) is 14.1. The number of hydrogen-bond donors (Lipinski definition) is 1. The maximum absolute atomic E-state index is 12.4. The van der Waals surface area contributed by atoms with Crippen molar-refractivity contribution in [3.05, 3.63) is 58.6 Å². The first-order chi connectivity index (χ1) is 12.5. The van der Waals surface area contributed by atoms with E-state index >= 15 is 0 Å². The van der Waals surface area contributed by atoms with Crippen molar-refractivity contribution < 1.29 is 19.1 Å². The molecule has 0 bridgehead atoms. The molecule has 0 saturated carbocycles. The molecule has 0 unspecified atom stereocenters. The van der Waals surface area contributed by atoms with Crippen LogP contribution in [0.1, 0.15) is 34.1 Å². The maximum Gasteiger partial charge on any atom is 0.261 e. The lowest BCUT2D eigenvalue weighted by atomic mass is 10.1. The van der Waals surface area contributed by atoms with Gasteiger partial charge in [0.2, 0.25) is 5.91 Å². The number of hydrogen-bond acceptors (Lipinski definition) is 4. The molecule has 7 heteroatoms. The van der Waals surface area contributed by atoms with Gasteiger partial charge in [0.1, 0.15) is 5.75 Å². The molecule has 6 nitrogen and oxygen atoms in total. The summed E-state index contributed by atoms with van der Waals surface area (Å²) >= 11 is 5.88. The van der Waals surface area contributed by atoms with Gasteiger partial charge in [-0.1, -0.05) is 23.7 Å². The minimum Gasteiger partial charge on any atom is -0.492 e. The Hall–Kier alpha value is -2.86. The molecule has 0 radical (unpaired) electrons. The van der Waals surface area contributed by atoms with Gasteiger partial charge in [-0.25, -0.2) is 0 Å². The van der Waals surface area contributed by atoms with Crippen molar-refractivity contribution in [3.63, 3.8) is 0 Å². The van der Waals surface area contributed by atoms with E-state index in [2.05, 4.69) is 5.32 Å². The van der Waals surface area contributed by atoms with Gasteiger partial charge in [0.25, 0.3) is 11.8 Å². The van der Waals surface area contributed by atoms with Gasteiger partial charge in [0, 0.05) is 18.0 Å². The summed E-state index contributed by atoms with van der Waals surface area (Å²) < 4.78 is 5.46. The van der Waals surface area contributed by atoms with Crippen LogP contribution in [0.4, 0.5) is 5.69 Å². The zero-order valence-corrected chi connectivity index (χ0v) is 14.9. The Morgan fingerprint density at radius 3 is 2.62 bits per heavy atom. The van der Waals surface area contributed by atoms with E-state index in [0.29, 0.717) is 28.6 Å². The van der Waals surface area contributed by atoms with Gasteiger partial charge in [0.15, 0.2) is 0 Å². The van der Waals surface area contributed by atoms with Gasteiger partial charge in [-0.15, -0.1) is 0 Å². The highest BCUT2D eigenvalue weighted by Gasteiger charge is 2.35. The van der Waals surface area contributed by atoms with Crippen molar-refractivity contribution in [1.29, 1.82) is 0 Å². The summed E-state index contributed by atoms with van der Waals surface area (Å²) in [6.07, 6.45) is -0.0142. The van der Waals surface area contributed by atoms with Crippen LogP contribution >= 0.6 is 11.6 Å². The second-order valence-electron chi connectivity index (χ2n) is 5.68. The van der Waals surface area contributed by atoms with E-state index in [-0.39, 0.29) is 24.4 Å². The number of anilines is 1. The molecule has 1 aliphatic rings. The molecule has 0 saturated heterocycles. The molecule has 1 heterocycles. The fourth-order valence-electron chi connectivity index (χ4n) is 2.74. The minimum atomic E-state index is -0.435. The van der Waals surface area contributed by atoms with Crippen LogP contribution in [0.25, 0.3) is 0 Å². The molecule has 3 rings (SSSR count). The molecule has 2 aromatic rings. The molecule has 0 aliphatic carbocycles. The van der Waals surface area contributed by atoms with Crippen LogP contribution in [0.15, 0.2) is 42.5 Å². The number of nitrogens with one attached hydrogen (secondary N) is 1. The molecule has 0 spiro atoms. The third kappa shape index (κ3) is 3.55. The number of halogens is 1. The van der Waals surface area contributed by atoms with E-state index in [0.717, 1.165) is 4.90 Å². The van der Waals surface area contributed by atoms with Gasteiger partial charge in [0.05, 0.1) is 23.4 Å². The van der Waals surface area contributed by atoms with Crippen LogP contribution in [-0.4, -0.2) is 35.8 Å². The molecular weight excluding hydrogens is 356 g/mol. The van der Waals surface area contributed by atoms with E-state index in [9.17, 15) is 14.4 Å². The number of nitrogens with zero attached hydrogens (tertiary/aromatic N) is 1. The summed E-state index contributed by atoms with van der Waals surface area (Å²) in [4.78, 5) is 38.0. The van der Waals surface area contributed by atoms with E-state index in [1.54, 1.807) is 24.3 Å². The highest BCUT2D eigenvalue weighted by atomic mass is 35.5. The Morgan fingerprint density at radius 2 is 1.85 bits per heavy atom. The van der Waals surface area contributed by atoms with Crippen molar-refractivity contribution in [3.8, 4) is 5.75 Å². The highest BCUT2D eigenvalue weighted by molar-refractivity contribution is 6.32. The van der Waals surface area contributed by atoms with Crippen molar-refractivity contribution in [2.24, 2.45) is 0 Å². The Morgan fingerprint density at radius 1 is 1.12 bits per heavy atom. The average molecular weight is 373 g/mol. The van der Waals surface area contributed by atoms with Crippen LogP contribution < -0.4 is 10.1 Å². The first kappa shape index (κ1) is 17.9. The predicted octanol–water partition coefficient (Wildman–Crippen LogP) is 3.36. The molecule has 3 amide bonds. The monoisotopic (exact) mass is 372 g/mol. The van der Waals surface area contributed by atoms with E-state index in [4.69, 9.17) is 16.3 Å². The molecule has 26 heavy (non-hydrogen) atoms. The normalized spacial score (nSPS) is 12.9. The van der Waals surface area contributed by atoms with Gasteiger partial charge in [-0.2, -0.15) is 0 Å². The summed E-state index contributed by atoms with van der Waals surface area (Å²) in [5.41, 5.74) is 1.12. The summed E-state index contributed by atoms with van der Waals surface area (Å²) in [5.74, 6) is -0.593.